The summed E-state index contributed by atoms with van der Waals surface area (Å²) in [5, 5.41) is 2.56. The van der Waals surface area contributed by atoms with E-state index in [-0.39, 0.29) is 6.04 Å². The molecule has 7 aromatic rings. The zero-order chi connectivity index (χ0) is 29.9. The van der Waals surface area contributed by atoms with Gasteiger partial charge < -0.3 is 9.47 Å². The molecule has 2 heteroatoms. The van der Waals surface area contributed by atoms with E-state index in [2.05, 4.69) is 180 Å². The number of hydrogen-bond acceptors (Lipinski definition) is 1. The number of benzene rings is 6. The van der Waals surface area contributed by atoms with Gasteiger partial charge in [-0.05, 0) is 89.3 Å². The molecule has 45 heavy (non-hydrogen) atoms. The first-order valence-electron chi connectivity index (χ1n) is 15.8. The van der Waals surface area contributed by atoms with Crippen LogP contribution in [0.1, 0.15) is 17.0 Å². The number of anilines is 2. The maximum absolute atomic E-state index is 2.52. The second-order valence-electron chi connectivity index (χ2n) is 12.3. The van der Waals surface area contributed by atoms with E-state index in [0.717, 1.165) is 0 Å². The van der Waals surface area contributed by atoms with E-state index in [4.69, 9.17) is 0 Å². The molecule has 0 saturated heterocycles. The van der Waals surface area contributed by atoms with Crippen LogP contribution in [0.4, 0.5) is 11.4 Å². The summed E-state index contributed by atoms with van der Waals surface area (Å²) in [7, 11) is 0. The molecule has 6 aromatic carbocycles. The molecule has 2 heterocycles. The van der Waals surface area contributed by atoms with Crippen molar-refractivity contribution in [2.24, 2.45) is 0 Å². The Balaban J connectivity index is 1.16. The lowest BCUT2D eigenvalue weighted by Crippen LogP contribution is -2.28. The molecule has 1 aromatic heterocycles. The van der Waals surface area contributed by atoms with Gasteiger partial charge >= 0.3 is 0 Å². The molecular weight excluding hydrogens is 544 g/mol. The summed E-state index contributed by atoms with van der Waals surface area (Å²) < 4.78 is 2.39. The fourth-order valence-corrected chi connectivity index (χ4v) is 7.41. The van der Waals surface area contributed by atoms with Crippen LogP contribution in [0.2, 0.25) is 0 Å². The Morgan fingerprint density at radius 3 is 2.09 bits per heavy atom. The molecule has 0 fully saturated rings. The third kappa shape index (κ3) is 4.17. The van der Waals surface area contributed by atoms with Crippen molar-refractivity contribution in [1.29, 1.82) is 0 Å². The van der Waals surface area contributed by atoms with E-state index in [1.165, 1.54) is 72.2 Å². The molecule has 214 valence electrons. The summed E-state index contributed by atoms with van der Waals surface area (Å²) in [6.45, 7) is 2.14. The van der Waals surface area contributed by atoms with Gasteiger partial charge in [0.05, 0.1) is 17.1 Å². The average Bonchev–Trinajstić information content (AvgIpc) is 3.61. The van der Waals surface area contributed by atoms with E-state index in [0.29, 0.717) is 5.92 Å². The molecule has 9 rings (SSSR count). The monoisotopic (exact) mass is 576 g/mol. The van der Waals surface area contributed by atoms with Crippen LogP contribution < -0.4 is 4.90 Å². The van der Waals surface area contributed by atoms with Crippen molar-refractivity contribution < 1.29 is 0 Å². The van der Waals surface area contributed by atoms with Crippen LogP contribution in [0.15, 0.2) is 164 Å². The summed E-state index contributed by atoms with van der Waals surface area (Å²) in [6, 6.07) is 51.5. The summed E-state index contributed by atoms with van der Waals surface area (Å²) in [6.07, 6.45) is 9.12. The molecule has 2 atom stereocenters. The molecule has 1 aliphatic heterocycles. The second kappa shape index (κ2) is 10.2. The lowest BCUT2D eigenvalue weighted by atomic mass is 9.89. The number of aromatic nitrogens is 1. The summed E-state index contributed by atoms with van der Waals surface area (Å²) in [5.41, 5.74) is 13.8. The lowest BCUT2D eigenvalue weighted by Gasteiger charge is -2.29. The summed E-state index contributed by atoms with van der Waals surface area (Å²) >= 11 is 0. The molecule has 0 N–H and O–H groups in total. The van der Waals surface area contributed by atoms with Gasteiger partial charge in [-0.1, -0.05) is 115 Å². The van der Waals surface area contributed by atoms with Gasteiger partial charge in [0.1, 0.15) is 0 Å². The molecule has 0 bridgehead atoms. The predicted octanol–water partition coefficient (Wildman–Crippen LogP) is 11.2. The Morgan fingerprint density at radius 2 is 1.20 bits per heavy atom. The quantitative estimate of drug-likeness (QED) is 0.202. The standard InChI is InChI=1S/C43H32N2/c1-29-18-22-34(23-19-29)44-40-16-7-5-14-36(40)38-27-32(20-24-42(38)44)33-21-25-43-39(28-33)37-15-6-8-17-41(37)45(43)35-13-9-12-31(26-35)30-10-3-2-4-11-30/h2-28,37,41H,1H3. The Morgan fingerprint density at radius 1 is 0.489 bits per heavy atom. The molecule has 2 unspecified atom stereocenters. The normalized spacial score (nSPS) is 16.8. The molecule has 0 spiro atoms. The van der Waals surface area contributed by atoms with Crippen LogP contribution in [0.3, 0.4) is 0 Å². The fourth-order valence-electron chi connectivity index (χ4n) is 7.41. The van der Waals surface area contributed by atoms with Crippen LogP contribution in [0.5, 0.6) is 0 Å². The Hall–Kier alpha value is -5.60. The number of allylic oxidation sites excluding steroid dienone is 2. The molecule has 0 amide bonds. The first-order valence-corrected chi connectivity index (χ1v) is 15.8. The van der Waals surface area contributed by atoms with Crippen molar-refractivity contribution in [3.8, 4) is 27.9 Å². The van der Waals surface area contributed by atoms with Crippen LogP contribution in [-0.2, 0) is 0 Å². The van der Waals surface area contributed by atoms with Crippen molar-refractivity contribution in [3.63, 3.8) is 0 Å². The van der Waals surface area contributed by atoms with Gasteiger partial charge in [-0.3, -0.25) is 0 Å². The molecule has 0 saturated carbocycles. The fraction of sp³-hybridized carbons (Fsp3) is 0.0698. The summed E-state index contributed by atoms with van der Waals surface area (Å²) in [5.74, 6) is 0.303. The van der Waals surface area contributed by atoms with Crippen LogP contribution in [-0.4, -0.2) is 10.6 Å². The van der Waals surface area contributed by atoms with Crippen LogP contribution in [0.25, 0.3) is 49.7 Å². The Kier molecular flexibility index (Phi) is 5.89. The molecule has 1 aliphatic carbocycles. The van der Waals surface area contributed by atoms with Gasteiger partial charge in [0, 0.05) is 33.8 Å². The van der Waals surface area contributed by atoms with E-state index in [1.54, 1.807) is 0 Å². The SMILES string of the molecule is Cc1ccc(-n2c3ccccc3c3cc(-c4ccc5c(c4)C4C=CC=CC4N5c4cccc(-c5ccccc5)c4)ccc32)cc1. The summed E-state index contributed by atoms with van der Waals surface area (Å²) in [4.78, 5) is 2.52. The van der Waals surface area contributed by atoms with Crippen LogP contribution >= 0.6 is 0 Å². The minimum absolute atomic E-state index is 0.251. The van der Waals surface area contributed by atoms with E-state index in [1.807, 2.05) is 0 Å². The van der Waals surface area contributed by atoms with Crippen molar-refractivity contribution in [2.45, 2.75) is 18.9 Å². The largest absolute Gasteiger partial charge is 0.333 e. The first-order chi connectivity index (χ1) is 22.2. The van der Waals surface area contributed by atoms with E-state index < -0.39 is 0 Å². The van der Waals surface area contributed by atoms with E-state index in [9.17, 15) is 0 Å². The highest BCUT2D eigenvalue weighted by Crippen LogP contribution is 2.49. The number of rotatable bonds is 4. The number of hydrogen-bond donors (Lipinski definition) is 0. The van der Waals surface area contributed by atoms with Gasteiger partial charge in [0.25, 0.3) is 0 Å². The second-order valence-corrected chi connectivity index (χ2v) is 12.3. The minimum Gasteiger partial charge on any atom is -0.333 e. The van der Waals surface area contributed by atoms with Crippen molar-refractivity contribution in [2.75, 3.05) is 4.90 Å². The zero-order valence-electron chi connectivity index (χ0n) is 25.1. The maximum Gasteiger partial charge on any atom is 0.0629 e. The lowest BCUT2D eigenvalue weighted by molar-refractivity contribution is 0.745. The van der Waals surface area contributed by atoms with Gasteiger partial charge in [0.15, 0.2) is 0 Å². The van der Waals surface area contributed by atoms with Gasteiger partial charge in [0.2, 0.25) is 0 Å². The van der Waals surface area contributed by atoms with Crippen molar-refractivity contribution in [3.05, 3.63) is 175 Å². The minimum atomic E-state index is 0.251. The number of fused-ring (bicyclic) bond motifs is 6. The molecular formula is C43H32N2. The average molecular weight is 577 g/mol. The Bertz CT molecular complexity index is 2290. The molecule has 2 nitrogen and oxygen atoms in total. The number of nitrogens with zero attached hydrogens (tertiary/aromatic N) is 2. The number of para-hydroxylation sites is 1. The van der Waals surface area contributed by atoms with Crippen molar-refractivity contribution in [1.82, 2.24) is 4.57 Å². The van der Waals surface area contributed by atoms with E-state index >= 15 is 0 Å². The molecule has 0 radical (unpaired) electrons. The highest BCUT2D eigenvalue weighted by molar-refractivity contribution is 6.10. The smallest absolute Gasteiger partial charge is 0.0629 e. The maximum atomic E-state index is 2.52. The topological polar surface area (TPSA) is 8.17 Å². The van der Waals surface area contributed by atoms with Gasteiger partial charge in [-0.25, -0.2) is 0 Å². The highest BCUT2D eigenvalue weighted by Gasteiger charge is 2.37. The van der Waals surface area contributed by atoms with Gasteiger partial charge in [-0.2, -0.15) is 0 Å². The predicted molar refractivity (Wildman–Crippen MR) is 190 cm³/mol. The number of aryl methyl sites for hydroxylation is 1. The third-order valence-corrected chi connectivity index (χ3v) is 9.58. The third-order valence-electron chi connectivity index (χ3n) is 9.58. The molecule has 2 aliphatic rings. The highest BCUT2D eigenvalue weighted by atomic mass is 15.2. The van der Waals surface area contributed by atoms with Crippen molar-refractivity contribution >= 4 is 33.2 Å². The first kappa shape index (κ1) is 25.9. The zero-order valence-corrected chi connectivity index (χ0v) is 25.1. The van der Waals surface area contributed by atoms with Crippen LogP contribution in [0, 0.1) is 6.92 Å². The Labute approximate surface area is 263 Å². The van der Waals surface area contributed by atoms with Gasteiger partial charge in [-0.15, -0.1) is 0 Å².